The van der Waals surface area contributed by atoms with Crippen molar-refractivity contribution in [2.24, 2.45) is 5.41 Å². The van der Waals surface area contributed by atoms with Crippen LogP contribution in [-0.2, 0) is 19.1 Å². The predicted octanol–water partition coefficient (Wildman–Crippen LogP) is 9.23. The highest BCUT2D eigenvalue weighted by atomic mass is 16.6. The first-order chi connectivity index (χ1) is 26.8. The van der Waals surface area contributed by atoms with Gasteiger partial charge in [-0.15, -0.1) is 0 Å². The van der Waals surface area contributed by atoms with Crippen molar-refractivity contribution < 1.29 is 47.6 Å². The topological polar surface area (TPSA) is 124 Å². The quantitative estimate of drug-likeness (QED) is 0.0442. The molecule has 0 aromatic heterocycles. The number of benzene rings is 5. The minimum absolute atomic E-state index is 0.121. The van der Waals surface area contributed by atoms with Gasteiger partial charge in [0.1, 0.15) is 49.4 Å². The van der Waals surface area contributed by atoms with Crippen molar-refractivity contribution in [2.45, 2.75) is 34.6 Å². The second kappa shape index (κ2) is 18.6. The Morgan fingerprint density at radius 3 is 1.38 bits per heavy atom. The highest BCUT2D eigenvalue weighted by Crippen LogP contribution is 2.28. The number of ether oxygens (including phenoxy) is 6. The molecule has 0 amide bonds. The van der Waals surface area contributed by atoms with Gasteiger partial charge in [0.25, 0.3) is 0 Å². The van der Waals surface area contributed by atoms with Crippen LogP contribution in [0.1, 0.15) is 54.0 Å². The number of hydrogen-bond donors (Lipinski definition) is 0. The van der Waals surface area contributed by atoms with Crippen LogP contribution in [0, 0.1) is 12.3 Å². The molecule has 0 aliphatic heterocycles. The molecule has 10 nitrogen and oxygen atoms in total. The Kier molecular flexibility index (Phi) is 13.4. The molecule has 0 heterocycles. The monoisotopic (exact) mass is 756 g/mol. The van der Waals surface area contributed by atoms with Crippen molar-refractivity contribution in [2.75, 3.05) is 26.4 Å². The van der Waals surface area contributed by atoms with E-state index >= 15 is 0 Å². The maximum absolute atomic E-state index is 13.0. The van der Waals surface area contributed by atoms with E-state index < -0.39 is 23.3 Å². The van der Waals surface area contributed by atoms with E-state index in [1.807, 2.05) is 72.8 Å². The van der Waals surface area contributed by atoms with Crippen LogP contribution >= 0.6 is 0 Å². The van der Waals surface area contributed by atoms with Crippen LogP contribution in [-0.4, -0.2) is 50.3 Å². The van der Waals surface area contributed by atoms with Crippen molar-refractivity contribution >= 4 is 23.9 Å². The van der Waals surface area contributed by atoms with E-state index in [-0.39, 0.29) is 32.4 Å². The molecule has 10 heteroatoms. The summed E-state index contributed by atoms with van der Waals surface area (Å²) in [7, 11) is 0. The summed E-state index contributed by atoms with van der Waals surface area (Å²) in [5.74, 6) is 0.153. The van der Waals surface area contributed by atoms with E-state index in [9.17, 15) is 19.2 Å². The number of esters is 4. The Morgan fingerprint density at radius 1 is 0.536 bits per heavy atom. The van der Waals surface area contributed by atoms with E-state index in [0.29, 0.717) is 45.3 Å². The summed E-state index contributed by atoms with van der Waals surface area (Å²) in [6.07, 6.45) is 0. The smallest absolute Gasteiger partial charge is 0.343 e. The Labute approximate surface area is 326 Å². The number of aryl methyl sites for hydroxylation is 1. The lowest BCUT2D eigenvalue weighted by Crippen LogP contribution is -2.24. The third kappa shape index (κ3) is 11.4. The first-order valence-corrected chi connectivity index (χ1v) is 18.0. The SMILES string of the molecule is C=C(C)C(=O)OCCOc1ccc(-c2ccc(C(=O)Oc3ccc(OC(=O)c4ccc(-c5ccc(OCCOC(=O)C(C)(C)C)cc5)cc4)cc3C)cc2)cc1. The molecule has 0 fully saturated rings. The van der Waals surface area contributed by atoms with Gasteiger partial charge in [-0.3, -0.25) is 4.79 Å². The lowest BCUT2D eigenvalue weighted by Gasteiger charge is -2.16. The van der Waals surface area contributed by atoms with Crippen LogP contribution in [0.15, 0.2) is 127 Å². The molecule has 0 radical (unpaired) electrons. The van der Waals surface area contributed by atoms with Crippen LogP contribution in [0.25, 0.3) is 22.3 Å². The van der Waals surface area contributed by atoms with Crippen LogP contribution in [0.5, 0.6) is 23.0 Å². The highest BCUT2D eigenvalue weighted by Gasteiger charge is 2.22. The fourth-order valence-electron chi connectivity index (χ4n) is 5.14. The van der Waals surface area contributed by atoms with Crippen LogP contribution in [0.4, 0.5) is 0 Å². The molecule has 0 unspecified atom stereocenters. The molecule has 288 valence electrons. The molecule has 0 saturated carbocycles. The normalized spacial score (nSPS) is 10.9. The molecule has 0 N–H and O–H groups in total. The van der Waals surface area contributed by atoms with E-state index in [1.54, 1.807) is 77.1 Å². The Morgan fingerprint density at radius 2 is 0.946 bits per heavy atom. The second-order valence-electron chi connectivity index (χ2n) is 13.9. The first-order valence-electron chi connectivity index (χ1n) is 18.0. The second-order valence-corrected chi connectivity index (χ2v) is 13.9. The Hall–Kier alpha value is -6.68. The van der Waals surface area contributed by atoms with Crippen molar-refractivity contribution in [3.63, 3.8) is 0 Å². The maximum Gasteiger partial charge on any atom is 0.343 e. The van der Waals surface area contributed by atoms with Gasteiger partial charge in [0, 0.05) is 5.57 Å². The lowest BCUT2D eigenvalue weighted by atomic mass is 9.97. The van der Waals surface area contributed by atoms with Gasteiger partial charge in [0.15, 0.2) is 0 Å². The summed E-state index contributed by atoms with van der Waals surface area (Å²) >= 11 is 0. The molecular weight excluding hydrogens is 712 g/mol. The van der Waals surface area contributed by atoms with Gasteiger partial charge in [0.05, 0.1) is 16.5 Å². The van der Waals surface area contributed by atoms with E-state index in [1.165, 1.54) is 0 Å². The van der Waals surface area contributed by atoms with Crippen molar-refractivity contribution in [3.8, 4) is 45.3 Å². The Bertz CT molecular complexity index is 2160. The molecule has 5 rings (SSSR count). The maximum atomic E-state index is 13.0. The van der Waals surface area contributed by atoms with Gasteiger partial charge in [-0.2, -0.15) is 0 Å². The van der Waals surface area contributed by atoms with Crippen LogP contribution in [0.3, 0.4) is 0 Å². The molecule has 0 saturated heterocycles. The summed E-state index contributed by atoms with van der Waals surface area (Å²) in [5.41, 5.74) is 4.80. The largest absolute Gasteiger partial charge is 0.490 e. The number of hydrogen-bond acceptors (Lipinski definition) is 10. The average Bonchev–Trinajstić information content (AvgIpc) is 3.19. The summed E-state index contributed by atoms with van der Waals surface area (Å²) in [6, 6.07) is 33.8. The fourth-order valence-corrected chi connectivity index (χ4v) is 5.14. The van der Waals surface area contributed by atoms with Gasteiger partial charge in [-0.25, -0.2) is 14.4 Å². The molecule has 5 aromatic rings. The first kappa shape index (κ1) is 40.5. The summed E-state index contributed by atoms with van der Waals surface area (Å²) in [6.45, 7) is 13.0. The zero-order chi connectivity index (χ0) is 40.2. The number of carbonyl (C=O) groups excluding carboxylic acids is 4. The van der Waals surface area contributed by atoms with E-state index in [0.717, 1.165) is 22.3 Å². The van der Waals surface area contributed by atoms with Crippen molar-refractivity contribution in [3.05, 3.63) is 144 Å². The summed E-state index contributed by atoms with van der Waals surface area (Å²) in [4.78, 5) is 49.3. The lowest BCUT2D eigenvalue weighted by molar-refractivity contribution is -0.153. The molecule has 5 aromatic carbocycles. The van der Waals surface area contributed by atoms with Gasteiger partial charge in [0.2, 0.25) is 0 Å². The molecule has 56 heavy (non-hydrogen) atoms. The minimum atomic E-state index is -0.558. The van der Waals surface area contributed by atoms with Crippen LogP contribution < -0.4 is 18.9 Å². The molecule has 0 spiro atoms. The molecule has 0 atom stereocenters. The van der Waals surface area contributed by atoms with Crippen molar-refractivity contribution in [1.82, 2.24) is 0 Å². The number of rotatable bonds is 15. The highest BCUT2D eigenvalue weighted by molar-refractivity contribution is 5.93. The summed E-state index contributed by atoms with van der Waals surface area (Å²) in [5, 5.41) is 0. The van der Waals surface area contributed by atoms with Gasteiger partial charge in [-0.05, 0) is 129 Å². The molecule has 0 bridgehead atoms. The summed E-state index contributed by atoms with van der Waals surface area (Å²) < 4.78 is 32.8. The van der Waals surface area contributed by atoms with Gasteiger partial charge in [-0.1, -0.05) is 55.1 Å². The van der Waals surface area contributed by atoms with Crippen molar-refractivity contribution in [1.29, 1.82) is 0 Å². The fraction of sp³-hybridized carbons (Fsp3) is 0.217. The third-order valence-electron chi connectivity index (χ3n) is 8.31. The number of carbonyl (C=O) groups is 4. The molecule has 0 aliphatic rings. The minimum Gasteiger partial charge on any atom is -0.490 e. The predicted molar refractivity (Wildman–Crippen MR) is 212 cm³/mol. The van der Waals surface area contributed by atoms with E-state index in [2.05, 4.69) is 6.58 Å². The molecule has 0 aliphatic carbocycles. The van der Waals surface area contributed by atoms with E-state index in [4.69, 9.17) is 28.4 Å². The third-order valence-corrected chi connectivity index (χ3v) is 8.31. The van der Waals surface area contributed by atoms with Gasteiger partial charge < -0.3 is 28.4 Å². The Balaban J connectivity index is 1.08. The zero-order valence-corrected chi connectivity index (χ0v) is 32.1. The standard InChI is InChI=1S/C46H44O10/c1-30(2)42(47)53-27-25-51-38-19-15-35(16-20-38)33-9-13-37(14-10-33)44(49)56-41-24-23-40(29-31(41)3)55-43(48)36-11-7-32(8-12-36)34-17-21-39(22-18-34)52-26-28-54-45(50)46(4,5)6/h7-24,29H,1,25-28H2,2-6H3. The average molecular weight is 757 g/mol. The van der Waals surface area contributed by atoms with Gasteiger partial charge >= 0.3 is 23.9 Å². The zero-order valence-electron chi connectivity index (χ0n) is 32.1. The molecular formula is C46H44O10. The van der Waals surface area contributed by atoms with Crippen LogP contribution in [0.2, 0.25) is 0 Å².